The number of esters is 1. The third kappa shape index (κ3) is 3.03. The normalized spacial score (nSPS) is 10.3. The van der Waals surface area contributed by atoms with Gasteiger partial charge in [0.25, 0.3) is 0 Å². The summed E-state index contributed by atoms with van der Waals surface area (Å²) < 4.78 is 12.2. The van der Waals surface area contributed by atoms with Crippen LogP contribution in [-0.4, -0.2) is 22.4 Å². The van der Waals surface area contributed by atoms with Crippen molar-refractivity contribution in [2.24, 2.45) is 7.05 Å². The maximum atomic E-state index is 11.9. The number of nitrogens with zero attached hydrogens (tertiary/aromatic N) is 2. The van der Waals surface area contributed by atoms with Crippen LogP contribution < -0.4 is 10.5 Å². The highest BCUT2D eigenvalue weighted by atomic mass is 35.5. The molecule has 0 bridgehead atoms. The molecular formula is C13H14ClN3O3. The minimum atomic E-state index is -0.541. The van der Waals surface area contributed by atoms with Crippen LogP contribution >= 0.6 is 11.6 Å². The van der Waals surface area contributed by atoms with Crippen molar-refractivity contribution >= 4 is 23.3 Å². The Morgan fingerprint density at radius 1 is 1.50 bits per heavy atom. The summed E-state index contributed by atoms with van der Waals surface area (Å²) in [7, 11) is 1.75. The van der Waals surface area contributed by atoms with Crippen molar-refractivity contribution in [1.82, 2.24) is 9.78 Å². The molecule has 0 aliphatic rings. The summed E-state index contributed by atoms with van der Waals surface area (Å²) in [5.74, 6) is 0.123. The summed E-state index contributed by atoms with van der Waals surface area (Å²) in [5, 5.41) is 4.21. The molecule has 2 aromatic rings. The Morgan fingerprint density at radius 2 is 2.25 bits per heavy atom. The van der Waals surface area contributed by atoms with Crippen LogP contribution in [0.25, 0.3) is 0 Å². The van der Waals surface area contributed by atoms with Gasteiger partial charge in [0.05, 0.1) is 24.0 Å². The number of hydrogen-bond acceptors (Lipinski definition) is 5. The number of nitrogen functional groups attached to an aromatic ring is 1. The monoisotopic (exact) mass is 295 g/mol. The first-order valence-electron chi connectivity index (χ1n) is 5.94. The number of benzene rings is 1. The number of carbonyl (C=O) groups is 1. The van der Waals surface area contributed by atoms with Crippen molar-refractivity contribution < 1.29 is 14.3 Å². The molecule has 0 amide bonds. The molecule has 7 heteroatoms. The average molecular weight is 296 g/mol. The van der Waals surface area contributed by atoms with E-state index in [9.17, 15) is 4.79 Å². The summed E-state index contributed by atoms with van der Waals surface area (Å²) in [6.45, 7) is 1.96. The van der Waals surface area contributed by atoms with Gasteiger partial charge in [-0.15, -0.1) is 0 Å². The van der Waals surface area contributed by atoms with Gasteiger partial charge in [0, 0.05) is 12.7 Å². The molecule has 0 atom stereocenters. The van der Waals surface area contributed by atoms with Crippen LogP contribution in [0.4, 0.5) is 5.69 Å². The van der Waals surface area contributed by atoms with Gasteiger partial charge in [-0.3, -0.25) is 4.68 Å². The second-order valence-corrected chi connectivity index (χ2v) is 4.46. The van der Waals surface area contributed by atoms with Gasteiger partial charge in [-0.25, -0.2) is 4.79 Å². The minimum absolute atomic E-state index is 0.181. The number of rotatable bonds is 4. The van der Waals surface area contributed by atoms with Gasteiger partial charge in [0.1, 0.15) is 5.56 Å². The third-order valence-corrected chi connectivity index (χ3v) is 2.74. The lowest BCUT2D eigenvalue weighted by atomic mass is 10.2. The average Bonchev–Trinajstić information content (AvgIpc) is 2.78. The molecule has 0 radical (unpaired) electrons. The fourth-order valence-corrected chi connectivity index (χ4v) is 1.91. The van der Waals surface area contributed by atoms with Crippen molar-refractivity contribution in [2.45, 2.75) is 6.92 Å². The zero-order chi connectivity index (χ0) is 14.7. The molecular weight excluding hydrogens is 282 g/mol. The molecule has 0 saturated carbocycles. The minimum Gasteiger partial charge on any atom is -0.462 e. The van der Waals surface area contributed by atoms with Gasteiger partial charge in [-0.1, -0.05) is 11.6 Å². The molecule has 6 nitrogen and oxygen atoms in total. The Balaban J connectivity index is 2.42. The predicted octanol–water partition coefficient (Wildman–Crippen LogP) is 2.62. The fraction of sp³-hybridized carbons (Fsp3) is 0.231. The van der Waals surface area contributed by atoms with E-state index in [2.05, 4.69) is 5.10 Å². The number of anilines is 1. The molecule has 106 valence electrons. The van der Waals surface area contributed by atoms with E-state index in [0.717, 1.165) is 0 Å². The van der Waals surface area contributed by atoms with Gasteiger partial charge in [0.2, 0.25) is 0 Å². The first kappa shape index (κ1) is 14.2. The Labute approximate surface area is 121 Å². The Morgan fingerprint density at radius 3 is 2.85 bits per heavy atom. The second-order valence-electron chi connectivity index (χ2n) is 4.05. The van der Waals surface area contributed by atoms with Crippen LogP contribution in [0, 0.1) is 0 Å². The van der Waals surface area contributed by atoms with Crippen molar-refractivity contribution in [3.05, 3.63) is 35.1 Å². The van der Waals surface area contributed by atoms with Crippen LogP contribution in [0.1, 0.15) is 17.3 Å². The summed E-state index contributed by atoms with van der Waals surface area (Å²) in [6, 6.07) is 2.98. The molecule has 0 aliphatic carbocycles. The summed E-state index contributed by atoms with van der Waals surface area (Å²) in [6.07, 6.45) is 3.17. The molecule has 0 aliphatic heterocycles. The van der Waals surface area contributed by atoms with Gasteiger partial charge in [-0.2, -0.15) is 5.10 Å². The molecule has 1 aromatic carbocycles. The lowest BCUT2D eigenvalue weighted by Crippen LogP contribution is -2.07. The number of aromatic nitrogens is 2. The SMILES string of the molecule is CCOC(=O)c1cc(N)cc(Cl)c1Oc1cnn(C)c1. The van der Waals surface area contributed by atoms with E-state index in [0.29, 0.717) is 11.4 Å². The van der Waals surface area contributed by atoms with Crippen molar-refractivity contribution in [3.63, 3.8) is 0 Å². The standard InChI is InChI=1S/C13H14ClN3O3/c1-3-19-13(18)10-4-8(15)5-11(14)12(10)20-9-6-16-17(2)7-9/h4-7H,3,15H2,1-2H3. The molecule has 0 saturated heterocycles. The second kappa shape index (κ2) is 5.83. The van der Waals surface area contributed by atoms with E-state index in [1.807, 2.05) is 0 Å². The molecule has 2 N–H and O–H groups in total. The number of hydrogen-bond donors (Lipinski definition) is 1. The topological polar surface area (TPSA) is 79.4 Å². The van der Waals surface area contributed by atoms with Crippen LogP contribution in [-0.2, 0) is 11.8 Å². The van der Waals surface area contributed by atoms with Crippen molar-refractivity contribution in [2.75, 3.05) is 12.3 Å². The van der Waals surface area contributed by atoms with Crippen LogP contribution in [0.5, 0.6) is 11.5 Å². The van der Waals surface area contributed by atoms with E-state index in [4.69, 9.17) is 26.8 Å². The summed E-state index contributed by atoms with van der Waals surface area (Å²) in [5.41, 5.74) is 6.23. The first-order chi connectivity index (χ1) is 9.51. The van der Waals surface area contributed by atoms with Crippen LogP contribution in [0.3, 0.4) is 0 Å². The number of nitrogens with two attached hydrogens (primary N) is 1. The van der Waals surface area contributed by atoms with Gasteiger partial charge in [-0.05, 0) is 19.1 Å². The maximum absolute atomic E-state index is 11.9. The van der Waals surface area contributed by atoms with E-state index in [-0.39, 0.29) is 22.9 Å². The van der Waals surface area contributed by atoms with E-state index in [1.54, 1.807) is 24.9 Å². The predicted molar refractivity (Wildman–Crippen MR) is 75.1 cm³/mol. The quantitative estimate of drug-likeness (QED) is 0.693. The zero-order valence-electron chi connectivity index (χ0n) is 11.1. The Bertz CT molecular complexity index is 640. The lowest BCUT2D eigenvalue weighted by Gasteiger charge is -2.11. The van der Waals surface area contributed by atoms with E-state index in [1.165, 1.54) is 18.3 Å². The first-order valence-corrected chi connectivity index (χ1v) is 6.31. The summed E-state index contributed by atoms with van der Waals surface area (Å²) >= 11 is 6.10. The largest absolute Gasteiger partial charge is 0.462 e. The fourth-order valence-electron chi connectivity index (χ4n) is 1.65. The molecule has 2 rings (SSSR count). The van der Waals surface area contributed by atoms with Crippen LogP contribution in [0.2, 0.25) is 5.02 Å². The molecule has 1 aromatic heterocycles. The third-order valence-electron chi connectivity index (χ3n) is 2.46. The maximum Gasteiger partial charge on any atom is 0.342 e. The Hall–Kier alpha value is -2.21. The molecule has 20 heavy (non-hydrogen) atoms. The molecule has 1 heterocycles. The molecule has 0 unspecified atom stereocenters. The Kier molecular flexibility index (Phi) is 4.14. The van der Waals surface area contributed by atoms with E-state index >= 15 is 0 Å². The highest BCUT2D eigenvalue weighted by Gasteiger charge is 2.19. The van der Waals surface area contributed by atoms with Gasteiger partial charge in [0.15, 0.2) is 11.5 Å². The van der Waals surface area contributed by atoms with Crippen molar-refractivity contribution in [1.29, 1.82) is 0 Å². The highest BCUT2D eigenvalue weighted by Crippen LogP contribution is 2.35. The number of halogens is 1. The molecule has 0 spiro atoms. The lowest BCUT2D eigenvalue weighted by molar-refractivity contribution is 0.0523. The van der Waals surface area contributed by atoms with Gasteiger partial charge >= 0.3 is 5.97 Å². The molecule has 0 fully saturated rings. The van der Waals surface area contributed by atoms with Crippen LogP contribution in [0.15, 0.2) is 24.5 Å². The van der Waals surface area contributed by atoms with Crippen molar-refractivity contribution in [3.8, 4) is 11.5 Å². The van der Waals surface area contributed by atoms with Gasteiger partial charge < -0.3 is 15.2 Å². The highest BCUT2D eigenvalue weighted by molar-refractivity contribution is 6.33. The zero-order valence-corrected chi connectivity index (χ0v) is 11.8. The number of ether oxygens (including phenoxy) is 2. The summed E-state index contributed by atoms with van der Waals surface area (Å²) in [4.78, 5) is 11.9. The van der Waals surface area contributed by atoms with E-state index < -0.39 is 5.97 Å². The number of aryl methyl sites for hydroxylation is 1. The smallest absolute Gasteiger partial charge is 0.342 e. The number of carbonyl (C=O) groups excluding carboxylic acids is 1.